The fourth-order valence-electron chi connectivity index (χ4n) is 3.96. The normalized spacial score (nSPS) is 26.0. The van der Waals surface area contributed by atoms with E-state index < -0.39 is 13.7 Å². The summed E-state index contributed by atoms with van der Waals surface area (Å²) < 4.78 is 12.2. The minimum atomic E-state index is -1.90. The summed E-state index contributed by atoms with van der Waals surface area (Å²) in [5, 5.41) is 0.153. The van der Waals surface area contributed by atoms with Crippen molar-refractivity contribution in [2.45, 2.75) is 85.9 Å². The van der Waals surface area contributed by atoms with Crippen LogP contribution < -0.4 is 0 Å². The van der Waals surface area contributed by atoms with E-state index in [-0.39, 0.29) is 22.3 Å². The highest BCUT2D eigenvalue weighted by Gasteiger charge is 2.57. The summed E-state index contributed by atoms with van der Waals surface area (Å²) in [5.74, 6) is 1.03. The first kappa shape index (κ1) is 23.0. The Hall–Kier alpha value is -1.03. The topological polar surface area (TPSA) is 35.5 Å². The first-order chi connectivity index (χ1) is 11.7. The molecule has 150 valence electrons. The minimum absolute atomic E-state index is 0.0602. The molecular weight excluding hydrogens is 340 g/mol. The lowest BCUT2D eigenvalue weighted by Crippen LogP contribution is -2.53. The van der Waals surface area contributed by atoms with Crippen LogP contribution >= 0.6 is 0 Å². The van der Waals surface area contributed by atoms with Gasteiger partial charge in [0.2, 0.25) is 8.32 Å². The Morgan fingerprint density at radius 2 is 1.96 bits per heavy atom. The zero-order valence-corrected chi connectivity index (χ0v) is 19.5. The zero-order chi connectivity index (χ0) is 20.4. The molecule has 0 N–H and O–H groups in total. The number of rotatable bonds is 7. The Bertz CT molecular complexity index is 554. The third-order valence-electron chi connectivity index (χ3n) is 6.61. The highest BCUT2D eigenvalue weighted by Crippen LogP contribution is 2.57. The maximum absolute atomic E-state index is 13.1. The van der Waals surface area contributed by atoms with Gasteiger partial charge in [-0.15, -0.1) is 6.58 Å². The monoisotopic (exact) mass is 380 g/mol. The van der Waals surface area contributed by atoms with Gasteiger partial charge in [0.25, 0.3) is 0 Å². The second-order valence-corrected chi connectivity index (χ2v) is 14.6. The SMILES string of the molecule is C=CCC[C@@]1(C(=O)OCC)C(C)C=C(O[Si](C)(C)C(C)(C)C)CC1(C)C. The molecule has 2 atom stereocenters. The molecule has 0 aliphatic heterocycles. The molecule has 1 aliphatic carbocycles. The van der Waals surface area contributed by atoms with Crippen LogP contribution in [0.25, 0.3) is 0 Å². The minimum Gasteiger partial charge on any atom is -0.547 e. The van der Waals surface area contributed by atoms with Crippen LogP contribution in [0.4, 0.5) is 0 Å². The van der Waals surface area contributed by atoms with E-state index in [1.165, 1.54) is 0 Å². The third kappa shape index (κ3) is 4.27. The van der Waals surface area contributed by atoms with Crippen molar-refractivity contribution < 1.29 is 14.0 Å². The van der Waals surface area contributed by atoms with E-state index in [9.17, 15) is 4.79 Å². The van der Waals surface area contributed by atoms with E-state index in [2.05, 4.69) is 67.3 Å². The van der Waals surface area contributed by atoms with Gasteiger partial charge in [0.05, 0.1) is 17.8 Å². The van der Waals surface area contributed by atoms with Gasteiger partial charge in [0.15, 0.2) is 0 Å². The molecule has 1 unspecified atom stereocenters. The molecule has 0 radical (unpaired) electrons. The van der Waals surface area contributed by atoms with Crippen LogP contribution in [-0.4, -0.2) is 20.9 Å². The van der Waals surface area contributed by atoms with Gasteiger partial charge in [0.1, 0.15) is 0 Å². The predicted octanol–water partition coefficient (Wildman–Crippen LogP) is 6.47. The first-order valence-corrected chi connectivity index (χ1v) is 12.8. The van der Waals surface area contributed by atoms with E-state index in [1.54, 1.807) is 0 Å². The van der Waals surface area contributed by atoms with E-state index in [4.69, 9.17) is 9.16 Å². The van der Waals surface area contributed by atoms with Crippen molar-refractivity contribution in [3.8, 4) is 0 Å². The molecule has 26 heavy (non-hydrogen) atoms. The number of ether oxygens (including phenoxy) is 1. The second-order valence-electron chi connectivity index (χ2n) is 9.86. The van der Waals surface area contributed by atoms with Crippen molar-refractivity contribution in [1.82, 2.24) is 0 Å². The van der Waals surface area contributed by atoms with E-state index in [0.29, 0.717) is 6.61 Å². The van der Waals surface area contributed by atoms with Crippen molar-refractivity contribution in [3.63, 3.8) is 0 Å². The average molecular weight is 381 g/mol. The Kier molecular flexibility index (Phi) is 7.00. The van der Waals surface area contributed by atoms with Gasteiger partial charge in [-0.2, -0.15) is 0 Å². The number of esters is 1. The van der Waals surface area contributed by atoms with Gasteiger partial charge in [0, 0.05) is 6.42 Å². The van der Waals surface area contributed by atoms with Crippen molar-refractivity contribution in [3.05, 3.63) is 24.5 Å². The molecule has 3 nitrogen and oxygen atoms in total. The van der Waals surface area contributed by atoms with Crippen LogP contribution in [-0.2, 0) is 14.0 Å². The zero-order valence-electron chi connectivity index (χ0n) is 18.5. The van der Waals surface area contributed by atoms with E-state index in [1.807, 2.05) is 13.0 Å². The average Bonchev–Trinajstić information content (AvgIpc) is 2.44. The summed E-state index contributed by atoms with van der Waals surface area (Å²) >= 11 is 0. The van der Waals surface area contributed by atoms with Gasteiger partial charge in [-0.1, -0.05) is 47.6 Å². The van der Waals surface area contributed by atoms with Crippen LogP contribution in [0.1, 0.15) is 67.7 Å². The molecule has 0 amide bonds. The molecular formula is C22H40O3Si. The highest BCUT2D eigenvalue weighted by atomic mass is 28.4. The number of carbonyl (C=O) groups is 1. The molecule has 0 fully saturated rings. The summed E-state index contributed by atoms with van der Waals surface area (Å²) in [4.78, 5) is 13.1. The molecule has 0 saturated carbocycles. The second kappa shape index (κ2) is 7.91. The molecule has 1 rings (SSSR count). The lowest BCUT2D eigenvalue weighted by atomic mass is 9.53. The third-order valence-corrected chi connectivity index (χ3v) is 11.0. The Balaban J connectivity index is 3.31. The molecule has 4 heteroatoms. The van der Waals surface area contributed by atoms with Gasteiger partial charge < -0.3 is 9.16 Å². The molecule has 0 heterocycles. The number of carbonyl (C=O) groups excluding carboxylic acids is 1. The van der Waals surface area contributed by atoms with Crippen LogP contribution in [0.5, 0.6) is 0 Å². The molecule has 0 saturated heterocycles. The predicted molar refractivity (Wildman–Crippen MR) is 112 cm³/mol. The van der Waals surface area contributed by atoms with Crippen molar-refractivity contribution in [2.24, 2.45) is 16.7 Å². The number of hydrogen-bond donors (Lipinski definition) is 0. The highest BCUT2D eigenvalue weighted by molar-refractivity contribution is 6.74. The molecule has 1 aliphatic rings. The van der Waals surface area contributed by atoms with Crippen LogP contribution in [0.3, 0.4) is 0 Å². The molecule has 0 spiro atoms. The van der Waals surface area contributed by atoms with Gasteiger partial charge >= 0.3 is 5.97 Å². The lowest BCUT2D eigenvalue weighted by molar-refractivity contribution is -0.170. The van der Waals surface area contributed by atoms with E-state index in [0.717, 1.165) is 25.0 Å². The van der Waals surface area contributed by atoms with Crippen LogP contribution in [0, 0.1) is 16.7 Å². The van der Waals surface area contributed by atoms with Crippen molar-refractivity contribution in [1.29, 1.82) is 0 Å². The smallest absolute Gasteiger partial charge is 0.313 e. The maximum atomic E-state index is 13.1. The van der Waals surface area contributed by atoms with Crippen molar-refractivity contribution >= 4 is 14.3 Å². The van der Waals surface area contributed by atoms with Crippen LogP contribution in [0.2, 0.25) is 18.1 Å². The summed E-state index contributed by atoms with van der Waals surface area (Å²) in [7, 11) is -1.90. The summed E-state index contributed by atoms with van der Waals surface area (Å²) in [5.41, 5.74) is -0.786. The fraction of sp³-hybridized carbons (Fsp3) is 0.773. The lowest BCUT2D eigenvalue weighted by Gasteiger charge is -2.52. The van der Waals surface area contributed by atoms with Gasteiger partial charge in [-0.3, -0.25) is 4.79 Å². The standard InChI is InChI=1S/C22H40O3Si/c1-11-13-14-22(19(23)24-12-2)17(3)15-18(16-21(22,7)8)25-26(9,10)20(4,5)6/h11,15,17H,1,12-14,16H2,2-10H3/t17?,22-/m0/s1. The Labute approximate surface area is 162 Å². The van der Waals surface area contributed by atoms with Gasteiger partial charge in [-0.25, -0.2) is 0 Å². The van der Waals surface area contributed by atoms with Crippen molar-refractivity contribution in [2.75, 3.05) is 6.61 Å². The number of hydrogen-bond acceptors (Lipinski definition) is 3. The van der Waals surface area contributed by atoms with Crippen LogP contribution in [0.15, 0.2) is 24.5 Å². The Morgan fingerprint density at radius 3 is 2.38 bits per heavy atom. The molecule has 0 aromatic carbocycles. The first-order valence-electron chi connectivity index (χ1n) is 9.93. The maximum Gasteiger partial charge on any atom is 0.313 e. The molecule has 0 aromatic rings. The Morgan fingerprint density at radius 1 is 1.38 bits per heavy atom. The molecule has 0 aromatic heterocycles. The quantitative estimate of drug-likeness (QED) is 0.288. The van der Waals surface area contributed by atoms with E-state index >= 15 is 0 Å². The fourth-order valence-corrected chi connectivity index (χ4v) is 5.06. The number of allylic oxidation sites excluding steroid dienone is 3. The van der Waals surface area contributed by atoms with Gasteiger partial charge in [-0.05, 0) is 55.3 Å². The largest absolute Gasteiger partial charge is 0.547 e. The molecule has 0 bridgehead atoms. The summed E-state index contributed by atoms with van der Waals surface area (Å²) in [6.07, 6.45) is 6.41. The summed E-state index contributed by atoms with van der Waals surface area (Å²) in [6.45, 7) is 24.0. The summed E-state index contributed by atoms with van der Waals surface area (Å²) in [6, 6.07) is 0.